The highest BCUT2D eigenvalue weighted by Gasteiger charge is 2.24. The number of hydrogen-bond acceptors (Lipinski definition) is 7. The van der Waals surface area contributed by atoms with Crippen LogP contribution in [0, 0.1) is 5.92 Å². The molecule has 1 atom stereocenters. The topological polar surface area (TPSA) is 101 Å². The predicted octanol–water partition coefficient (Wildman–Crippen LogP) is 0.707. The fourth-order valence-corrected chi connectivity index (χ4v) is 3.23. The third-order valence-electron chi connectivity index (χ3n) is 3.65. The Labute approximate surface area is 151 Å². The van der Waals surface area contributed by atoms with Gasteiger partial charge in [0.2, 0.25) is 11.9 Å². The first-order valence-corrected chi connectivity index (χ1v) is 9.25. The van der Waals surface area contributed by atoms with Gasteiger partial charge < -0.3 is 15.0 Å². The van der Waals surface area contributed by atoms with Crippen LogP contribution in [0.5, 0.6) is 0 Å². The monoisotopic (exact) mass is 370 g/mol. The minimum absolute atomic E-state index is 0.364. The van der Waals surface area contributed by atoms with Crippen LogP contribution in [-0.2, 0) is 16.1 Å². The minimum atomic E-state index is -0.518. The lowest BCUT2D eigenvalue weighted by molar-refractivity contribution is -0.119. The van der Waals surface area contributed by atoms with Gasteiger partial charge >= 0.3 is 6.03 Å². The normalized spacial score (nSPS) is 16.0. The molecule has 2 N–H and O–H groups in total. The molecule has 1 saturated heterocycles. The lowest BCUT2D eigenvalue weighted by Gasteiger charge is -2.28. The summed E-state index contributed by atoms with van der Waals surface area (Å²) in [6.07, 6.45) is 0. The molecular formula is C15H26N6O3S. The molecule has 0 radical (unpaired) electrons. The molecule has 0 spiro atoms. The van der Waals surface area contributed by atoms with Crippen LogP contribution >= 0.6 is 11.8 Å². The average Bonchev–Trinajstić information content (AvgIpc) is 2.97. The highest BCUT2D eigenvalue weighted by molar-refractivity contribution is 8.00. The van der Waals surface area contributed by atoms with E-state index in [1.54, 1.807) is 6.92 Å². The zero-order valence-corrected chi connectivity index (χ0v) is 15.9. The van der Waals surface area contributed by atoms with Crippen molar-refractivity contribution in [3.8, 4) is 0 Å². The summed E-state index contributed by atoms with van der Waals surface area (Å²) in [7, 11) is 1.47. The van der Waals surface area contributed by atoms with E-state index < -0.39 is 11.3 Å². The third-order valence-corrected chi connectivity index (χ3v) is 4.73. The number of ether oxygens (including phenoxy) is 1. The maximum atomic E-state index is 12.1. The Morgan fingerprint density at radius 2 is 1.92 bits per heavy atom. The summed E-state index contributed by atoms with van der Waals surface area (Å²) >= 11 is 1.30. The van der Waals surface area contributed by atoms with E-state index >= 15 is 0 Å². The van der Waals surface area contributed by atoms with Crippen LogP contribution in [0.15, 0.2) is 5.16 Å². The number of nitrogens with one attached hydrogen (secondary N) is 2. The Hall–Kier alpha value is -1.81. The molecule has 3 amide bonds. The van der Waals surface area contributed by atoms with Gasteiger partial charge in [0.25, 0.3) is 0 Å². The molecule has 1 aliphatic rings. The first-order valence-electron chi connectivity index (χ1n) is 8.37. The number of carbonyl (C=O) groups excluding carboxylic acids is 2. The van der Waals surface area contributed by atoms with Crippen molar-refractivity contribution >= 4 is 29.6 Å². The van der Waals surface area contributed by atoms with Gasteiger partial charge in [-0.2, -0.15) is 0 Å². The van der Waals surface area contributed by atoms with Crippen LogP contribution in [0.1, 0.15) is 20.8 Å². The number of rotatable bonds is 6. The lowest BCUT2D eigenvalue weighted by atomic mass is 10.2. The fourth-order valence-electron chi connectivity index (χ4n) is 2.38. The molecule has 0 aliphatic carbocycles. The number of imide groups is 1. The van der Waals surface area contributed by atoms with E-state index in [2.05, 4.69) is 39.6 Å². The van der Waals surface area contributed by atoms with Crippen molar-refractivity contribution in [3.63, 3.8) is 0 Å². The molecule has 0 bridgehead atoms. The summed E-state index contributed by atoms with van der Waals surface area (Å²) in [5.41, 5.74) is 0. The molecule has 1 aromatic rings. The molecule has 140 valence electrons. The molecule has 25 heavy (non-hydrogen) atoms. The van der Waals surface area contributed by atoms with Gasteiger partial charge in [-0.15, -0.1) is 10.2 Å². The summed E-state index contributed by atoms with van der Waals surface area (Å²) in [5, 5.41) is 13.5. The third kappa shape index (κ3) is 5.33. The van der Waals surface area contributed by atoms with E-state index in [-0.39, 0.29) is 5.91 Å². The molecule has 1 aliphatic heterocycles. The second kappa shape index (κ2) is 9.04. The smallest absolute Gasteiger partial charge is 0.321 e. The Morgan fingerprint density at radius 1 is 1.24 bits per heavy atom. The number of anilines is 1. The second-order valence-electron chi connectivity index (χ2n) is 6.21. The SMILES string of the molecule is CNC(=O)NC(=O)C(C)Sc1nnc(N2CCOCC2)n1CC(C)C. The maximum absolute atomic E-state index is 12.1. The summed E-state index contributed by atoms with van der Waals surface area (Å²) in [6.45, 7) is 9.63. The van der Waals surface area contributed by atoms with Crippen molar-refractivity contribution in [3.05, 3.63) is 0 Å². The standard InChI is InChI=1S/C15H26N6O3S/c1-10(2)9-21-14(20-5-7-24-8-6-20)18-19-15(21)25-11(3)12(22)17-13(23)16-4/h10-11H,5-9H2,1-4H3,(H2,16,17,22,23). The van der Waals surface area contributed by atoms with E-state index in [9.17, 15) is 9.59 Å². The molecule has 0 aromatic carbocycles. The quantitative estimate of drug-likeness (QED) is 0.711. The first kappa shape index (κ1) is 19.5. The van der Waals surface area contributed by atoms with Crippen LogP contribution in [0.4, 0.5) is 10.7 Å². The van der Waals surface area contributed by atoms with E-state index in [1.165, 1.54) is 18.8 Å². The molecule has 9 nitrogen and oxygen atoms in total. The highest BCUT2D eigenvalue weighted by atomic mass is 32.2. The molecule has 10 heteroatoms. The van der Waals surface area contributed by atoms with Gasteiger partial charge in [0.05, 0.1) is 18.5 Å². The van der Waals surface area contributed by atoms with Gasteiger partial charge in [0, 0.05) is 26.7 Å². The Kier molecular flexibility index (Phi) is 7.06. The Bertz CT molecular complexity index is 600. The van der Waals surface area contributed by atoms with Crippen LogP contribution in [-0.4, -0.2) is 65.3 Å². The van der Waals surface area contributed by atoms with Gasteiger partial charge in [-0.3, -0.25) is 14.7 Å². The van der Waals surface area contributed by atoms with E-state index in [4.69, 9.17) is 4.74 Å². The molecule has 0 saturated carbocycles. The summed E-state index contributed by atoms with van der Waals surface area (Å²) in [6, 6.07) is -0.518. The zero-order valence-electron chi connectivity index (χ0n) is 15.1. The molecule has 1 unspecified atom stereocenters. The number of carbonyl (C=O) groups is 2. The van der Waals surface area contributed by atoms with Crippen LogP contribution < -0.4 is 15.5 Å². The molecule has 1 fully saturated rings. The van der Waals surface area contributed by atoms with Crippen LogP contribution in [0.2, 0.25) is 0 Å². The molecular weight excluding hydrogens is 344 g/mol. The van der Waals surface area contributed by atoms with Gasteiger partial charge in [-0.25, -0.2) is 4.79 Å². The van der Waals surface area contributed by atoms with Crippen molar-refractivity contribution in [2.45, 2.75) is 37.7 Å². The lowest BCUT2D eigenvalue weighted by Crippen LogP contribution is -2.41. The Morgan fingerprint density at radius 3 is 2.52 bits per heavy atom. The van der Waals surface area contributed by atoms with Crippen molar-refractivity contribution in [1.82, 2.24) is 25.4 Å². The van der Waals surface area contributed by atoms with Crippen molar-refractivity contribution in [1.29, 1.82) is 0 Å². The number of urea groups is 1. The minimum Gasteiger partial charge on any atom is -0.378 e. The summed E-state index contributed by atoms with van der Waals surface area (Å²) < 4.78 is 7.44. The molecule has 2 heterocycles. The van der Waals surface area contributed by atoms with E-state index in [1.807, 2.05) is 4.57 Å². The number of hydrogen-bond donors (Lipinski definition) is 2. The van der Waals surface area contributed by atoms with Crippen molar-refractivity contribution in [2.75, 3.05) is 38.3 Å². The Balaban J connectivity index is 2.14. The predicted molar refractivity (Wildman–Crippen MR) is 95.8 cm³/mol. The summed E-state index contributed by atoms with van der Waals surface area (Å²) in [4.78, 5) is 25.5. The maximum Gasteiger partial charge on any atom is 0.321 e. The van der Waals surface area contributed by atoms with Gasteiger partial charge in [-0.05, 0) is 12.8 Å². The van der Waals surface area contributed by atoms with E-state index in [0.717, 1.165) is 25.6 Å². The van der Waals surface area contributed by atoms with Crippen LogP contribution in [0.25, 0.3) is 0 Å². The largest absolute Gasteiger partial charge is 0.378 e. The second-order valence-corrected chi connectivity index (χ2v) is 7.52. The molecule has 2 rings (SSSR count). The number of aromatic nitrogens is 3. The fraction of sp³-hybridized carbons (Fsp3) is 0.733. The summed E-state index contributed by atoms with van der Waals surface area (Å²) in [5.74, 6) is 0.847. The number of amides is 3. The van der Waals surface area contributed by atoms with Gasteiger partial charge in [-0.1, -0.05) is 25.6 Å². The van der Waals surface area contributed by atoms with Gasteiger partial charge in [0.15, 0.2) is 5.16 Å². The van der Waals surface area contributed by atoms with Crippen molar-refractivity contribution < 1.29 is 14.3 Å². The number of thioether (sulfide) groups is 1. The zero-order chi connectivity index (χ0) is 18.4. The van der Waals surface area contributed by atoms with Crippen molar-refractivity contribution in [2.24, 2.45) is 5.92 Å². The molecule has 1 aromatic heterocycles. The first-order chi connectivity index (χ1) is 11.9. The highest BCUT2D eigenvalue weighted by Crippen LogP contribution is 2.27. The van der Waals surface area contributed by atoms with Gasteiger partial charge in [0.1, 0.15) is 0 Å². The number of morpholine rings is 1. The van der Waals surface area contributed by atoms with Crippen LogP contribution in [0.3, 0.4) is 0 Å². The number of nitrogens with zero attached hydrogens (tertiary/aromatic N) is 4. The van der Waals surface area contributed by atoms with E-state index in [0.29, 0.717) is 24.3 Å². The average molecular weight is 370 g/mol.